The summed E-state index contributed by atoms with van der Waals surface area (Å²) in [5, 5.41) is 0. The van der Waals surface area contributed by atoms with Crippen molar-refractivity contribution in [2.75, 3.05) is 32.1 Å². The van der Waals surface area contributed by atoms with Gasteiger partial charge in [-0.05, 0) is 37.6 Å². The van der Waals surface area contributed by atoms with Crippen molar-refractivity contribution in [1.82, 2.24) is 0 Å². The van der Waals surface area contributed by atoms with Crippen molar-refractivity contribution < 1.29 is 28.5 Å². The molecule has 2 aromatic carbocycles. The zero-order valence-corrected chi connectivity index (χ0v) is 18.0. The smallest absolute Gasteiger partial charge is 0.104 e. The van der Waals surface area contributed by atoms with Crippen LogP contribution in [0.5, 0.6) is 0 Å². The summed E-state index contributed by atoms with van der Waals surface area (Å²) in [5.41, 5.74) is 2.69. The maximum absolute atomic E-state index is 2.52. The van der Waals surface area contributed by atoms with Crippen LogP contribution in [0.1, 0.15) is 20.3 Å². The van der Waals surface area contributed by atoms with Crippen molar-refractivity contribution >= 4 is 23.1 Å². The second-order valence-electron chi connectivity index (χ2n) is 7.00. The number of quaternary nitrogens is 1. The Labute approximate surface area is 167 Å². The van der Waals surface area contributed by atoms with Crippen LogP contribution < -0.4 is 28.9 Å². The largest absolute Gasteiger partial charge is 1.00 e. The molecule has 1 unspecified atom stereocenters. The number of anilines is 2. The second kappa shape index (κ2) is 8.11. The first-order valence-corrected chi connectivity index (χ1v) is 9.30. The predicted molar refractivity (Wildman–Crippen MR) is 101 cm³/mol. The van der Waals surface area contributed by atoms with E-state index in [0.29, 0.717) is 6.04 Å². The van der Waals surface area contributed by atoms with Gasteiger partial charge in [-0.3, -0.25) is 0 Å². The standard InChI is InChI=1S/C20H27N2S.HI/c1-5-14-22(3,4)16(2)15-21-17-10-6-8-12-19(17)23-20-13-9-7-11-18(20)21;/h6-13,16H,5,14-15H2,1-4H3;1H/q+1;/p-1. The van der Waals surface area contributed by atoms with Crippen LogP contribution in [-0.2, 0) is 0 Å². The molecule has 130 valence electrons. The van der Waals surface area contributed by atoms with Crippen molar-refractivity contribution in [3.05, 3.63) is 48.5 Å². The monoisotopic (exact) mass is 454 g/mol. The Kier molecular flexibility index (Phi) is 6.62. The number of hydrogen-bond donors (Lipinski definition) is 0. The minimum Gasteiger partial charge on any atom is -1.00 e. The van der Waals surface area contributed by atoms with Gasteiger partial charge in [0.1, 0.15) is 6.04 Å². The molecule has 0 radical (unpaired) electrons. The topological polar surface area (TPSA) is 3.24 Å². The lowest BCUT2D eigenvalue weighted by molar-refractivity contribution is -0.911. The molecule has 2 aromatic rings. The van der Waals surface area contributed by atoms with E-state index in [1.165, 1.54) is 34.1 Å². The SMILES string of the molecule is CCC[N+](C)(C)C(C)CN1c2ccccc2Sc2ccccc21.[I-]. The lowest BCUT2D eigenvalue weighted by Gasteiger charge is -2.41. The normalized spacial score (nSPS) is 14.4. The average Bonchev–Trinajstić information content (AvgIpc) is 2.54. The first kappa shape index (κ1) is 19.6. The molecule has 0 aliphatic carbocycles. The molecule has 1 heterocycles. The number of rotatable bonds is 5. The number of likely N-dealkylation sites (N-methyl/N-ethyl adjacent to an activating group) is 1. The van der Waals surface area contributed by atoms with Crippen molar-refractivity contribution in [1.29, 1.82) is 0 Å². The summed E-state index contributed by atoms with van der Waals surface area (Å²) in [6, 6.07) is 18.1. The van der Waals surface area contributed by atoms with Crippen LogP contribution in [0, 0.1) is 0 Å². The minimum absolute atomic E-state index is 0. The predicted octanol–water partition coefficient (Wildman–Crippen LogP) is 2.17. The molecule has 24 heavy (non-hydrogen) atoms. The van der Waals surface area contributed by atoms with Crippen molar-refractivity contribution in [3.63, 3.8) is 0 Å². The maximum atomic E-state index is 2.52. The van der Waals surface area contributed by atoms with Gasteiger partial charge in [-0.1, -0.05) is 43.0 Å². The molecular weight excluding hydrogens is 427 g/mol. The van der Waals surface area contributed by atoms with E-state index in [0.717, 1.165) is 11.0 Å². The molecule has 0 spiro atoms. The molecule has 0 fully saturated rings. The van der Waals surface area contributed by atoms with E-state index in [2.05, 4.69) is 81.4 Å². The Morgan fingerprint density at radius 1 is 0.958 bits per heavy atom. The molecule has 3 rings (SSSR count). The first-order chi connectivity index (χ1) is 11.0. The number of halogens is 1. The molecule has 0 saturated carbocycles. The number of fused-ring (bicyclic) bond motifs is 2. The van der Waals surface area contributed by atoms with E-state index in [9.17, 15) is 0 Å². The van der Waals surface area contributed by atoms with Crippen LogP contribution in [0.2, 0.25) is 0 Å². The number of hydrogen-bond acceptors (Lipinski definition) is 2. The van der Waals surface area contributed by atoms with Crippen LogP contribution in [0.4, 0.5) is 11.4 Å². The fourth-order valence-corrected chi connectivity index (χ4v) is 4.36. The molecule has 2 nitrogen and oxygen atoms in total. The molecular formula is C20H27IN2S. The van der Waals surface area contributed by atoms with Crippen LogP contribution >= 0.6 is 11.8 Å². The van der Waals surface area contributed by atoms with E-state index < -0.39 is 0 Å². The maximum Gasteiger partial charge on any atom is 0.104 e. The third kappa shape index (κ3) is 3.92. The summed E-state index contributed by atoms with van der Waals surface area (Å²) in [5.74, 6) is 0. The second-order valence-corrected chi connectivity index (χ2v) is 8.08. The van der Waals surface area contributed by atoms with Crippen molar-refractivity contribution in [2.24, 2.45) is 0 Å². The Bertz CT molecular complexity index is 641. The average molecular weight is 454 g/mol. The molecule has 0 aromatic heterocycles. The Balaban J connectivity index is 0.00000208. The van der Waals surface area contributed by atoms with Gasteiger partial charge in [0.2, 0.25) is 0 Å². The van der Waals surface area contributed by atoms with Crippen LogP contribution in [0.3, 0.4) is 0 Å². The summed E-state index contributed by atoms with van der Waals surface area (Å²) < 4.78 is 1.06. The highest BCUT2D eigenvalue weighted by molar-refractivity contribution is 7.99. The Hall–Kier alpha value is -0.720. The van der Waals surface area contributed by atoms with Crippen LogP contribution in [0.25, 0.3) is 0 Å². The fraction of sp³-hybridized carbons (Fsp3) is 0.400. The van der Waals surface area contributed by atoms with E-state index in [1.807, 2.05) is 11.8 Å². The number of para-hydroxylation sites is 2. The third-order valence-electron chi connectivity index (χ3n) is 4.97. The Morgan fingerprint density at radius 3 is 1.96 bits per heavy atom. The lowest BCUT2D eigenvalue weighted by atomic mass is 10.1. The molecule has 0 N–H and O–H groups in total. The molecule has 0 bridgehead atoms. The van der Waals surface area contributed by atoms with Crippen molar-refractivity contribution in [2.45, 2.75) is 36.1 Å². The van der Waals surface area contributed by atoms with E-state index in [-0.39, 0.29) is 24.0 Å². The highest BCUT2D eigenvalue weighted by atomic mass is 127. The van der Waals surface area contributed by atoms with Gasteiger partial charge in [-0.25, -0.2) is 0 Å². The van der Waals surface area contributed by atoms with Gasteiger partial charge in [0.15, 0.2) is 0 Å². The van der Waals surface area contributed by atoms with Gasteiger partial charge in [0, 0.05) is 9.79 Å². The van der Waals surface area contributed by atoms with Gasteiger partial charge in [-0.2, -0.15) is 0 Å². The molecule has 0 amide bonds. The van der Waals surface area contributed by atoms with Gasteiger partial charge in [0.25, 0.3) is 0 Å². The lowest BCUT2D eigenvalue weighted by Crippen LogP contribution is -3.00. The first-order valence-electron chi connectivity index (χ1n) is 8.49. The van der Waals surface area contributed by atoms with E-state index >= 15 is 0 Å². The van der Waals surface area contributed by atoms with E-state index in [4.69, 9.17) is 0 Å². The molecule has 1 aliphatic heterocycles. The number of benzene rings is 2. The molecule has 0 saturated heterocycles. The van der Waals surface area contributed by atoms with Crippen LogP contribution in [-0.4, -0.2) is 37.7 Å². The summed E-state index contributed by atoms with van der Waals surface area (Å²) in [6.45, 7) is 6.91. The summed E-state index contributed by atoms with van der Waals surface area (Å²) in [7, 11) is 4.70. The Morgan fingerprint density at radius 2 is 1.46 bits per heavy atom. The highest BCUT2D eigenvalue weighted by Gasteiger charge is 2.29. The zero-order chi connectivity index (χ0) is 16.4. The van der Waals surface area contributed by atoms with E-state index in [1.54, 1.807) is 0 Å². The number of nitrogens with zero attached hydrogens (tertiary/aromatic N) is 2. The van der Waals surface area contributed by atoms with Gasteiger partial charge in [-0.15, -0.1) is 0 Å². The zero-order valence-electron chi connectivity index (χ0n) is 15.0. The van der Waals surface area contributed by atoms with Crippen molar-refractivity contribution in [3.8, 4) is 0 Å². The minimum atomic E-state index is 0. The molecule has 4 heteroatoms. The van der Waals surface area contributed by atoms with Gasteiger partial charge < -0.3 is 33.4 Å². The van der Waals surface area contributed by atoms with Gasteiger partial charge in [0.05, 0.1) is 38.6 Å². The fourth-order valence-electron chi connectivity index (χ4n) is 3.26. The quantitative estimate of drug-likeness (QED) is 0.504. The van der Waals surface area contributed by atoms with Gasteiger partial charge >= 0.3 is 0 Å². The molecule has 1 atom stereocenters. The third-order valence-corrected chi connectivity index (χ3v) is 6.10. The summed E-state index contributed by atoms with van der Waals surface area (Å²) >= 11 is 1.88. The summed E-state index contributed by atoms with van der Waals surface area (Å²) in [6.07, 6.45) is 1.22. The van der Waals surface area contributed by atoms with Crippen LogP contribution in [0.15, 0.2) is 58.3 Å². The molecule has 1 aliphatic rings. The highest BCUT2D eigenvalue weighted by Crippen LogP contribution is 2.47. The summed E-state index contributed by atoms with van der Waals surface area (Å²) in [4.78, 5) is 5.24.